The summed E-state index contributed by atoms with van der Waals surface area (Å²) in [6.07, 6.45) is 6.31. The second-order valence-corrected chi connectivity index (χ2v) is 53.3. The first-order valence-corrected chi connectivity index (χ1v) is 49.9. The number of hydrogen-bond donors (Lipinski definition) is 10. The summed E-state index contributed by atoms with van der Waals surface area (Å²) in [4.78, 5) is 87.5. The van der Waals surface area contributed by atoms with E-state index in [1.165, 1.54) is 0 Å². The van der Waals surface area contributed by atoms with Gasteiger partial charge in [-0.2, -0.15) is 0 Å². The molecule has 10 aliphatic rings. The predicted molar refractivity (Wildman–Crippen MR) is 450 cm³/mol. The van der Waals surface area contributed by atoms with Crippen molar-refractivity contribution in [3.63, 3.8) is 0 Å². The van der Waals surface area contributed by atoms with E-state index in [0.29, 0.717) is 17.9 Å². The van der Waals surface area contributed by atoms with Crippen molar-refractivity contribution in [1.29, 1.82) is 0 Å². The van der Waals surface area contributed by atoms with Crippen molar-refractivity contribution in [3.05, 3.63) is 57.5 Å². The van der Waals surface area contributed by atoms with Crippen molar-refractivity contribution in [1.82, 2.24) is 50.8 Å². The zero-order valence-corrected chi connectivity index (χ0v) is 78.9. The molecule has 0 saturated carbocycles. The first kappa shape index (κ1) is 106. The Kier molecular flexibility index (Phi) is 37.6. The summed E-state index contributed by atoms with van der Waals surface area (Å²) >= 11 is 0. The lowest BCUT2D eigenvalue weighted by atomic mass is 9.85. The van der Waals surface area contributed by atoms with Gasteiger partial charge in [-0.25, -0.2) is 51.5 Å². The fourth-order valence-electron chi connectivity index (χ4n) is 10.3. The van der Waals surface area contributed by atoms with E-state index in [-0.39, 0.29) is 141 Å². The fraction of sp³-hybridized carbons (Fsp3) is 0.753. The molecule has 10 unspecified atom stereocenters. The highest BCUT2D eigenvalue weighted by atomic mass is 32.3. The summed E-state index contributed by atoms with van der Waals surface area (Å²) in [5, 5.41) is 17.9. The molecule has 0 aromatic rings. The maximum atomic E-state index is 11.3. The van der Waals surface area contributed by atoms with Crippen LogP contribution in [0.1, 0.15) is 221 Å². The first-order chi connectivity index (χ1) is 50.1. The number of nitrogens with one attached hydrogen (secondary N) is 10. The Morgan fingerprint density at radius 1 is 0.389 bits per heavy atom. The number of amides is 6. The lowest BCUT2D eigenvalue weighted by Crippen LogP contribution is -2.40. The summed E-state index contributed by atoms with van der Waals surface area (Å²) in [7, 11) is -18.0. The normalized spacial score (nSPS) is 26.9. The van der Waals surface area contributed by atoms with E-state index in [0.717, 1.165) is 28.2 Å². The van der Waals surface area contributed by atoms with Gasteiger partial charge in [0, 0.05) is 67.4 Å². The lowest BCUT2D eigenvalue weighted by Gasteiger charge is -2.25. The van der Waals surface area contributed by atoms with E-state index in [1.807, 2.05) is 158 Å². The van der Waals surface area contributed by atoms with Crippen molar-refractivity contribution in [2.45, 2.75) is 249 Å². The number of carbonyl (C=O) groups excluding carboxylic acids is 8. The third-order valence-electron chi connectivity index (χ3n) is 16.5. The van der Waals surface area contributed by atoms with E-state index in [9.17, 15) is 93.1 Å². The number of Topliss-reactive ketones (excluding diaryl/α,β-unsaturated/α-hetero) is 2. The van der Waals surface area contributed by atoms with Gasteiger partial charge >= 0.3 is 0 Å². The Bertz CT molecular complexity index is 4150. The van der Waals surface area contributed by atoms with Gasteiger partial charge in [-0.05, 0) is 39.2 Å². The minimum Gasteiger partial charge on any atom is -0.345 e. The zero-order valence-electron chi connectivity index (χ0n) is 71.6. The molecule has 0 aromatic carbocycles. The Labute approximate surface area is 685 Å². The van der Waals surface area contributed by atoms with Crippen LogP contribution in [0.15, 0.2) is 57.5 Å². The Morgan fingerprint density at radius 3 is 1.10 bits per heavy atom. The van der Waals surface area contributed by atoms with E-state index in [4.69, 9.17) is 0 Å². The summed E-state index contributed by atoms with van der Waals surface area (Å²) in [5.74, 6) is -1.46. The van der Waals surface area contributed by atoms with Crippen LogP contribution >= 0.6 is 0 Å². The number of allylic oxidation sites excluding steroid dienone is 5. The molecule has 113 heavy (non-hydrogen) atoms. The van der Waals surface area contributed by atoms with Crippen molar-refractivity contribution in [3.8, 4) is 0 Å². The molecule has 0 spiro atoms. The smallest absolute Gasteiger partial charge is 0.239 e. The minimum absolute atomic E-state index is 0.0162. The van der Waals surface area contributed by atoms with Crippen LogP contribution in [0.3, 0.4) is 0 Å². The van der Waals surface area contributed by atoms with Crippen LogP contribution in [0.5, 0.6) is 0 Å². The predicted octanol–water partition coefficient (Wildman–Crippen LogP) is 5.51. The summed E-state index contributed by atoms with van der Waals surface area (Å²) in [6, 6.07) is -0.836. The molecule has 5 saturated heterocycles. The average Bonchev–Trinajstić information content (AvgIpc) is 1.46. The van der Waals surface area contributed by atoms with E-state index < -0.39 is 128 Å². The van der Waals surface area contributed by atoms with Crippen LogP contribution in [0.2, 0.25) is 0 Å². The monoisotopic (exact) mass is 1770 g/mol. The molecular formula is C73H130N10O21S9. The molecule has 31 nitrogen and oxygen atoms in total. The third-order valence-corrected chi connectivity index (χ3v) is 30.0. The number of ketones is 2. The zero-order chi connectivity index (χ0) is 89.0. The van der Waals surface area contributed by atoms with Gasteiger partial charge in [0.15, 0.2) is 31.2 Å². The molecule has 0 bridgehead atoms. The molecule has 10 rings (SSSR count). The number of rotatable bonds is 0. The molecule has 6 amide bonds. The molecule has 10 aliphatic heterocycles. The van der Waals surface area contributed by atoms with Gasteiger partial charge in [-0.15, -0.1) is 0 Å². The minimum atomic E-state index is -3.34. The average molecular weight is 1770 g/mol. The molecule has 652 valence electrons. The van der Waals surface area contributed by atoms with Gasteiger partial charge in [0.2, 0.25) is 55.5 Å². The quantitative estimate of drug-likeness (QED) is 0.134. The highest BCUT2D eigenvalue weighted by molar-refractivity contribution is 8.04. The van der Waals surface area contributed by atoms with Crippen LogP contribution in [-0.4, -0.2) is 175 Å². The highest BCUT2D eigenvalue weighted by Crippen LogP contribution is 2.33. The molecule has 10 atom stereocenters. The Morgan fingerprint density at radius 2 is 0.867 bits per heavy atom. The van der Waals surface area contributed by atoms with Crippen molar-refractivity contribution in [2.24, 2.45) is 54.1 Å². The van der Waals surface area contributed by atoms with Gasteiger partial charge in [-0.1, -0.05) is 214 Å². The summed E-state index contributed by atoms with van der Waals surface area (Å²) < 4.78 is 155. The largest absolute Gasteiger partial charge is 0.345 e. The highest BCUT2D eigenvalue weighted by Gasteiger charge is 2.45. The van der Waals surface area contributed by atoms with E-state index in [1.54, 1.807) is 32.3 Å². The van der Waals surface area contributed by atoms with E-state index >= 15 is 0 Å². The number of carbonyl (C=O) groups is 8. The third kappa shape index (κ3) is 38.5. The van der Waals surface area contributed by atoms with Crippen LogP contribution < -0.4 is 50.8 Å². The molecule has 40 heteroatoms. The molecule has 0 aromatic heterocycles. The molecule has 0 radical (unpaired) electrons. The Hall–Kier alpha value is -5.07. The molecule has 5 fully saturated rings. The molecular weight excluding hydrogens is 1640 g/mol. The van der Waals surface area contributed by atoms with Crippen LogP contribution in [0.25, 0.3) is 0 Å². The molecule has 10 heterocycles. The van der Waals surface area contributed by atoms with Crippen molar-refractivity contribution >= 4 is 141 Å². The number of hydrogen-bond acceptors (Lipinski definition) is 21. The van der Waals surface area contributed by atoms with Gasteiger partial charge in [0.1, 0.15) is 71.9 Å². The molecule has 0 aliphatic carbocycles. The summed E-state index contributed by atoms with van der Waals surface area (Å²) in [6.45, 7) is 58.6. The standard InChI is InChI=1S/C8H13NO3S.C8H13NO2S.C8H13NO2.C8H13NO.2C7H13NO3S.2C7H13NO2S.C7H13NOS.C6H13NO2S2/c1-8(2,3)6-4-13(11,12)5-7(10)9-6;1-8(2,3)6-4-12(11)5-7(10)9-6;1-8(2,3)7-5(10)4-6(11)9-7;1-8(2,3)6-4-5-7(10)9-6;1-7(2,3)6-8-5(9)4-12(6,10)11;1-7(2,3)6-5(9)4-12(10,11)8-6;1-7(2,3)6-8-5(9)4-11(6)10;1-7(2,3)6-4-5-11(9,10)8-6;1-7(2,3)6-4-5-10(9)8-6;1-6(2,3)5-7-11(9)4-10(5)8/h4H,5H2,1-3H3,(H,9,10);4H,5H2,1-3H3,(H,9,10);7H,4H2,1-3H3,(H,9,11);4H,5H2,1-3H3,(H,9,10);6H,4H2,1-3H3,(H,8,9);6,8H,4H2,1-3H3;6H,4H2,1-3H3,(H,8,9);4,8H,5H2,1-3H3;4,8H,5H2,1-3H3;5,7H,4H2,1-3H3. The van der Waals surface area contributed by atoms with Crippen LogP contribution in [0.4, 0.5) is 0 Å². The van der Waals surface area contributed by atoms with Gasteiger partial charge in [-0.3, -0.25) is 55.7 Å². The topological polar surface area (TPSA) is 479 Å². The first-order valence-electron chi connectivity index (χ1n) is 36.4. The number of sulfone groups is 2. The number of sulfonamides is 2. The SMILES string of the molecule is CC(C)(C)C1=CCC(=O)N1.CC(C)(C)C1=CCS(=O)(=O)N1.CC(C)(C)C1=CCS(=O)N1.CC(C)(C)C1=CS(=O)(=O)CC(=O)N1.CC(C)(C)C1=CS(=O)CC(=O)N1.CC(C)(C)C1NC(=O)CC1=O.CC(C)(C)C1NC(=O)CS1(=O)=O.CC(C)(C)C1NC(=O)CS1=O.CC(C)(C)C1NS(=O)(=O)CC1=O.CC(C)(C)C1NS(=O)CS1=O. The lowest BCUT2D eigenvalue weighted by molar-refractivity contribution is -0.123. The van der Waals surface area contributed by atoms with Gasteiger partial charge in [0.05, 0.1) is 67.8 Å². The molecule has 10 N–H and O–H groups in total. The fourth-order valence-corrected chi connectivity index (χ4v) is 23.8. The maximum absolute atomic E-state index is 11.3. The second kappa shape index (κ2) is 40.1. The maximum Gasteiger partial charge on any atom is 0.239 e. The van der Waals surface area contributed by atoms with E-state index in [2.05, 4.69) is 92.3 Å². The van der Waals surface area contributed by atoms with Crippen molar-refractivity contribution in [2.75, 3.05) is 45.4 Å². The van der Waals surface area contributed by atoms with Gasteiger partial charge < -0.3 is 36.6 Å². The van der Waals surface area contributed by atoms with Gasteiger partial charge in [0.25, 0.3) is 0 Å². The summed E-state index contributed by atoms with van der Waals surface area (Å²) in [5.41, 5.74) is 2.74. The van der Waals surface area contributed by atoms with Crippen LogP contribution in [0, 0.1) is 54.1 Å². The van der Waals surface area contributed by atoms with Crippen molar-refractivity contribution < 1.29 is 93.1 Å². The van der Waals surface area contributed by atoms with Crippen LogP contribution in [-0.2, 0) is 132 Å². The second-order valence-electron chi connectivity index (χ2n) is 38.7. The Balaban J connectivity index is 0.000000628.